The topological polar surface area (TPSA) is 15.3 Å². The number of benzene rings is 1. The molecule has 0 bridgehead atoms. The molecule has 0 aromatic heterocycles. The fourth-order valence-corrected chi connectivity index (χ4v) is 3.92. The predicted molar refractivity (Wildman–Crippen MR) is 81.9 cm³/mol. The summed E-state index contributed by atoms with van der Waals surface area (Å²) in [6.45, 7) is 3.43. The number of fused-ring (bicyclic) bond motifs is 1. The molecule has 1 aromatic carbocycles. The highest BCUT2D eigenvalue weighted by atomic mass is 35.5. The van der Waals surface area contributed by atoms with Crippen LogP contribution in [0.3, 0.4) is 0 Å². The van der Waals surface area contributed by atoms with Crippen molar-refractivity contribution >= 4 is 17.3 Å². The average Bonchev–Trinajstić information content (AvgIpc) is 2.85. The number of anilines is 1. The van der Waals surface area contributed by atoms with Crippen LogP contribution >= 0.6 is 11.6 Å². The van der Waals surface area contributed by atoms with Gasteiger partial charge in [0.05, 0.1) is 10.7 Å². The van der Waals surface area contributed by atoms with Gasteiger partial charge in [-0.15, -0.1) is 0 Å². The summed E-state index contributed by atoms with van der Waals surface area (Å²) in [5.74, 6) is 0.981. The molecule has 3 rings (SSSR count). The van der Waals surface area contributed by atoms with Gasteiger partial charge in [0.25, 0.3) is 0 Å². The predicted octanol–water partition coefficient (Wildman–Crippen LogP) is 4.02. The highest BCUT2D eigenvalue weighted by Gasteiger charge is 2.34. The van der Waals surface area contributed by atoms with Crippen molar-refractivity contribution in [3.05, 3.63) is 29.3 Å². The Bertz CT molecular complexity index is 421. The van der Waals surface area contributed by atoms with Crippen LogP contribution in [-0.4, -0.2) is 30.6 Å². The van der Waals surface area contributed by atoms with E-state index in [9.17, 15) is 0 Å². The number of likely N-dealkylation sites (tertiary alicyclic amines) is 1. The number of rotatable bonds is 4. The van der Waals surface area contributed by atoms with Crippen molar-refractivity contribution < 1.29 is 0 Å². The summed E-state index contributed by atoms with van der Waals surface area (Å²) in [5, 5.41) is 4.28. The van der Waals surface area contributed by atoms with E-state index in [0.717, 1.165) is 35.8 Å². The Labute approximate surface area is 121 Å². The molecule has 0 amide bonds. The van der Waals surface area contributed by atoms with Crippen molar-refractivity contribution in [3.63, 3.8) is 0 Å². The summed E-state index contributed by atoms with van der Waals surface area (Å²) in [7, 11) is 0. The van der Waals surface area contributed by atoms with Gasteiger partial charge in [-0.1, -0.05) is 36.6 Å². The molecule has 2 atom stereocenters. The smallest absolute Gasteiger partial charge is 0.0637 e. The van der Waals surface area contributed by atoms with Crippen molar-refractivity contribution in [2.75, 3.05) is 25.0 Å². The van der Waals surface area contributed by atoms with E-state index in [-0.39, 0.29) is 0 Å². The molecule has 3 heteroatoms. The van der Waals surface area contributed by atoms with Crippen LogP contribution in [0.5, 0.6) is 0 Å². The van der Waals surface area contributed by atoms with E-state index in [1.807, 2.05) is 18.2 Å². The van der Waals surface area contributed by atoms with Crippen LogP contribution in [0.1, 0.15) is 32.1 Å². The first-order chi connectivity index (χ1) is 9.34. The second-order valence-electron chi connectivity index (χ2n) is 5.84. The Morgan fingerprint density at radius 3 is 2.89 bits per heavy atom. The Morgan fingerprint density at radius 2 is 2.00 bits per heavy atom. The van der Waals surface area contributed by atoms with Crippen molar-refractivity contribution in [1.82, 2.24) is 4.90 Å². The van der Waals surface area contributed by atoms with Gasteiger partial charge in [-0.05, 0) is 43.9 Å². The SMILES string of the molecule is Clc1ccccc1NCCN1CCC2CCCCC21. The van der Waals surface area contributed by atoms with E-state index in [1.165, 1.54) is 38.6 Å². The molecule has 1 saturated heterocycles. The number of nitrogens with zero attached hydrogens (tertiary/aromatic N) is 1. The zero-order valence-electron chi connectivity index (χ0n) is 11.4. The first kappa shape index (κ1) is 13.3. The van der Waals surface area contributed by atoms with E-state index in [4.69, 9.17) is 11.6 Å². The third kappa shape index (κ3) is 3.06. The number of nitrogens with one attached hydrogen (secondary N) is 1. The maximum absolute atomic E-state index is 6.15. The second-order valence-corrected chi connectivity index (χ2v) is 6.25. The minimum atomic E-state index is 0.819. The Morgan fingerprint density at radius 1 is 1.16 bits per heavy atom. The standard InChI is InChI=1S/C16H23ClN2/c17-14-6-2-3-7-15(14)18-10-12-19-11-9-13-5-1-4-8-16(13)19/h2-3,6-7,13,16,18H,1,4-5,8-12H2. The molecule has 2 nitrogen and oxygen atoms in total. The first-order valence-corrected chi connectivity index (χ1v) is 7.95. The van der Waals surface area contributed by atoms with Gasteiger partial charge in [-0.25, -0.2) is 0 Å². The molecule has 2 aliphatic rings. The molecule has 1 aromatic rings. The van der Waals surface area contributed by atoms with E-state index in [0.29, 0.717) is 0 Å². The Balaban J connectivity index is 1.49. The van der Waals surface area contributed by atoms with Gasteiger partial charge in [-0.2, -0.15) is 0 Å². The van der Waals surface area contributed by atoms with Crippen molar-refractivity contribution in [2.24, 2.45) is 5.92 Å². The van der Waals surface area contributed by atoms with Crippen molar-refractivity contribution in [3.8, 4) is 0 Å². The summed E-state index contributed by atoms with van der Waals surface area (Å²) < 4.78 is 0. The highest BCUT2D eigenvalue weighted by Crippen LogP contribution is 2.35. The van der Waals surface area contributed by atoms with Crippen molar-refractivity contribution in [2.45, 2.75) is 38.1 Å². The molecule has 0 radical (unpaired) electrons. The second kappa shape index (κ2) is 6.15. The third-order valence-electron chi connectivity index (χ3n) is 4.71. The van der Waals surface area contributed by atoms with Crippen LogP contribution < -0.4 is 5.32 Å². The quantitative estimate of drug-likeness (QED) is 0.895. The van der Waals surface area contributed by atoms with E-state index in [1.54, 1.807) is 0 Å². The van der Waals surface area contributed by atoms with Crippen LogP contribution in [0.2, 0.25) is 5.02 Å². The maximum Gasteiger partial charge on any atom is 0.0637 e. The molecule has 1 saturated carbocycles. The van der Waals surface area contributed by atoms with Gasteiger partial charge >= 0.3 is 0 Å². The summed E-state index contributed by atoms with van der Waals surface area (Å²) in [6.07, 6.45) is 7.16. The van der Waals surface area contributed by atoms with Gasteiger partial charge in [0.15, 0.2) is 0 Å². The van der Waals surface area contributed by atoms with Crippen molar-refractivity contribution in [1.29, 1.82) is 0 Å². The number of hydrogen-bond acceptors (Lipinski definition) is 2. The van der Waals surface area contributed by atoms with Gasteiger partial charge in [0.2, 0.25) is 0 Å². The summed E-state index contributed by atoms with van der Waals surface area (Å²) in [4.78, 5) is 2.69. The van der Waals surface area contributed by atoms with Crippen LogP contribution in [0, 0.1) is 5.92 Å². The lowest BCUT2D eigenvalue weighted by molar-refractivity contribution is 0.188. The monoisotopic (exact) mass is 278 g/mol. The van der Waals surface area contributed by atoms with Crippen LogP contribution in [0.15, 0.2) is 24.3 Å². The minimum Gasteiger partial charge on any atom is -0.383 e. The lowest BCUT2D eigenvalue weighted by Crippen LogP contribution is -2.37. The van der Waals surface area contributed by atoms with Crippen LogP contribution in [0.4, 0.5) is 5.69 Å². The molecule has 1 aliphatic heterocycles. The molecule has 1 aliphatic carbocycles. The van der Waals surface area contributed by atoms with E-state index < -0.39 is 0 Å². The van der Waals surface area contributed by atoms with E-state index >= 15 is 0 Å². The van der Waals surface area contributed by atoms with E-state index in [2.05, 4.69) is 16.3 Å². The fraction of sp³-hybridized carbons (Fsp3) is 0.625. The molecule has 1 heterocycles. The lowest BCUT2D eigenvalue weighted by Gasteiger charge is -2.31. The van der Waals surface area contributed by atoms with Gasteiger partial charge in [-0.3, -0.25) is 4.90 Å². The molecular weight excluding hydrogens is 256 g/mol. The van der Waals surface area contributed by atoms with Crippen LogP contribution in [-0.2, 0) is 0 Å². The molecule has 2 fully saturated rings. The van der Waals surface area contributed by atoms with Gasteiger partial charge in [0, 0.05) is 19.1 Å². The summed E-state index contributed by atoms with van der Waals surface area (Å²) >= 11 is 6.15. The van der Waals surface area contributed by atoms with Gasteiger partial charge in [0.1, 0.15) is 0 Å². The summed E-state index contributed by atoms with van der Waals surface area (Å²) in [5.41, 5.74) is 1.06. The first-order valence-electron chi connectivity index (χ1n) is 7.57. The Hall–Kier alpha value is -0.730. The average molecular weight is 279 g/mol. The zero-order chi connectivity index (χ0) is 13.1. The number of hydrogen-bond donors (Lipinski definition) is 1. The minimum absolute atomic E-state index is 0.819. The van der Waals surface area contributed by atoms with Gasteiger partial charge < -0.3 is 5.32 Å². The van der Waals surface area contributed by atoms with Crippen LogP contribution in [0.25, 0.3) is 0 Å². The number of halogens is 1. The molecule has 104 valence electrons. The molecular formula is C16H23ClN2. The largest absolute Gasteiger partial charge is 0.383 e. The zero-order valence-corrected chi connectivity index (χ0v) is 12.2. The maximum atomic E-state index is 6.15. The highest BCUT2D eigenvalue weighted by molar-refractivity contribution is 6.33. The molecule has 1 N–H and O–H groups in total. The summed E-state index contributed by atoms with van der Waals surface area (Å²) in [6, 6.07) is 8.86. The Kier molecular flexibility index (Phi) is 4.29. The molecule has 0 spiro atoms. The molecule has 2 unspecified atom stereocenters. The lowest BCUT2D eigenvalue weighted by atomic mass is 9.85. The number of para-hydroxylation sites is 1. The third-order valence-corrected chi connectivity index (χ3v) is 5.04. The normalized spacial score (nSPS) is 27.2. The molecule has 19 heavy (non-hydrogen) atoms. The fourth-order valence-electron chi connectivity index (χ4n) is 3.72.